The molecule has 0 fully saturated rings. The molecule has 4 heteroatoms. The fourth-order valence-electron chi connectivity index (χ4n) is 1.04. The monoisotopic (exact) mass is 300 g/mol. The predicted octanol–water partition coefficient (Wildman–Crippen LogP) is 3.16. The van der Waals surface area contributed by atoms with E-state index in [1.807, 2.05) is 6.07 Å². The van der Waals surface area contributed by atoms with Gasteiger partial charge in [0.15, 0.2) is 0 Å². The Bertz CT molecular complexity index is 419. The standard InChI is InChI=1S/C13H17BrO3/c1-12(2,16)13(3,4)17-11(15)9-7-5-6-8-10(9)14/h5-8,16H,1-4H3. The fraction of sp³-hybridized carbons (Fsp3) is 0.462. The lowest BCUT2D eigenvalue weighted by Gasteiger charge is -2.36. The first kappa shape index (κ1) is 14.2. The van der Waals surface area contributed by atoms with Crippen LogP contribution in [0.15, 0.2) is 28.7 Å². The largest absolute Gasteiger partial charge is 0.453 e. The van der Waals surface area contributed by atoms with Crippen LogP contribution in [0.1, 0.15) is 38.1 Å². The number of benzene rings is 1. The van der Waals surface area contributed by atoms with Crippen molar-refractivity contribution in [2.24, 2.45) is 0 Å². The topological polar surface area (TPSA) is 46.5 Å². The third kappa shape index (κ3) is 3.30. The molecule has 0 aliphatic rings. The molecule has 17 heavy (non-hydrogen) atoms. The number of halogens is 1. The van der Waals surface area contributed by atoms with E-state index in [9.17, 15) is 9.90 Å². The van der Waals surface area contributed by atoms with Crippen LogP contribution in [-0.2, 0) is 4.74 Å². The third-order valence-corrected chi connectivity index (χ3v) is 3.61. The first-order valence-electron chi connectivity index (χ1n) is 5.35. The molecule has 1 aromatic carbocycles. The second-order valence-corrected chi connectivity index (χ2v) is 5.79. The zero-order valence-electron chi connectivity index (χ0n) is 10.5. The van der Waals surface area contributed by atoms with Crippen molar-refractivity contribution in [2.45, 2.75) is 38.9 Å². The maximum Gasteiger partial charge on any atom is 0.339 e. The molecule has 0 unspecified atom stereocenters. The zero-order valence-corrected chi connectivity index (χ0v) is 12.0. The van der Waals surface area contributed by atoms with Crippen molar-refractivity contribution in [3.63, 3.8) is 0 Å². The maximum atomic E-state index is 12.0. The first-order chi connectivity index (χ1) is 7.65. The SMILES string of the molecule is CC(C)(O)C(C)(C)OC(=O)c1ccccc1Br. The minimum absolute atomic E-state index is 0.449. The van der Waals surface area contributed by atoms with Gasteiger partial charge in [-0.1, -0.05) is 12.1 Å². The summed E-state index contributed by atoms with van der Waals surface area (Å²) in [6.07, 6.45) is 0. The summed E-state index contributed by atoms with van der Waals surface area (Å²) in [6.45, 7) is 6.59. The van der Waals surface area contributed by atoms with Gasteiger partial charge in [0.05, 0.1) is 11.2 Å². The van der Waals surface area contributed by atoms with Gasteiger partial charge in [-0.25, -0.2) is 4.79 Å². The number of carbonyl (C=O) groups excluding carboxylic acids is 1. The lowest BCUT2D eigenvalue weighted by Crippen LogP contribution is -2.48. The zero-order chi connectivity index (χ0) is 13.3. The van der Waals surface area contributed by atoms with Crippen molar-refractivity contribution in [3.05, 3.63) is 34.3 Å². The highest BCUT2D eigenvalue weighted by molar-refractivity contribution is 9.10. The molecule has 3 nitrogen and oxygen atoms in total. The highest BCUT2D eigenvalue weighted by Crippen LogP contribution is 2.27. The predicted molar refractivity (Wildman–Crippen MR) is 69.9 cm³/mol. The molecule has 1 N–H and O–H groups in total. The van der Waals surface area contributed by atoms with Crippen LogP contribution in [0.3, 0.4) is 0 Å². The van der Waals surface area contributed by atoms with Crippen LogP contribution in [-0.4, -0.2) is 22.3 Å². The van der Waals surface area contributed by atoms with Gasteiger partial charge in [-0.3, -0.25) is 0 Å². The minimum atomic E-state index is -1.11. The smallest absolute Gasteiger partial charge is 0.339 e. The van der Waals surface area contributed by atoms with Gasteiger partial charge in [0.25, 0.3) is 0 Å². The molecule has 1 aromatic rings. The Morgan fingerprint density at radius 3 is 2.24 bits per heavy atom. The first-order valence-corrected chi connectivity index (χ1v) is 6.15. The lowest BCUT2D eigenvalue weighted by atomic mass is 9.89. The van der Waals surface area contributed by atoms with Gasteiger partial charge in [-0.2, -0.15) is 0 Å². The second kappa shape index (κ2) is 4.78. The van der Waals surface area contributed by atoms with Crippen LogP contribution >= 0.6 is 15.9 Å². The summed E-state index contributed by atoms with van der Waals surface area (Å²) in [5.74, 6) is -0.454. The summed E-state index contributed by atoms with van der Waals surface area (Å²) in [6, 6.07) is 7.03. The molecule has 94 valence electrons. The third-order valence-electron chi connectivity index (χ3n) is 2.91. The highest BCUT2D eigenvalue weighted by Gasteiger charge is 2.39. The average Bonchev–Trinajstić information content (AvgIpc) is 2.15. The number of carbonyl (C=O) groups is 1. The summed E-state index contributed by atoms with van der Waals surface area (Å²) in [7, 11) is 0. The molecule has 0 atom stereocenters. The number of ether oxygens (including phenoxy) is 1. The Morgan fingerprint density at radius 2 is 1.76 bits per heavy atom. The van der Waals surface area contributed by atoms with E-state index in [4.69, 9.17) is 4.74 Å². The van der Waals surface area contributed by atoms with Crippen molar-refractivity contribution >= 4 is 21.9 Å². The molecule has 0 heterocycles. The summed E-state index contributed by atoms with van der Waals surface area (Å²) in [4.78, 5) is 12.0. The minimum Gasteiger partial charge on any atom is -0.453 e. The normalized spacial score (nSPS) is 12.4. The molecule has 0 aliphatic heterocycles. The molecule has 1 rings (SSSR count). The van der Waals surface area contributed by atoms with Crippen LogP contribution in [0.25, 0.3) is 0 Å². The van der Waals surface area contributed by atoms with Crippen molar-refractivity contribution in [1.29, 1.82) is 0 Å². The van der Waals surface area contributed by atoms with Gasteiger partial charge < -0.3 is 9.84 Å². The van der Waals surface area contributed by atoms with Gasteiger partial charge in [0.2, 0.25) is 0 Å². The molecule has 0 bridgehead atoms. The maximum absolute atomic E-state index is 12.0. The Kier molecular flexibility index (Phi) is 3.99. The Labute approximate surface area is 110 Å². The van der Waals surface area contributed by atoms with Crippen molar-refractivity contribution < 1.29 is 14.6 Å². The fourth-order valence-corrected chi connectivity index (χ4v) is 1.49. The molecule has 0 amide bonds. The molecule has 0 spiro atoms. The molecule has 0 saturated heterocycles. The summed E-state index contributed by atoms with van der Waals surface area (Å²) < 4.78 is 6.03. The van der Waals surface area contributed by atoms with Gasteiger partial charge in [-0.05, 0) is 55.8 Å². The lowest BCUT2D eigenvalue weighted by molar-refractivity contribution is -0.117. The van der Waals surface area contributed by atoms with E-state index in [0.29, 0.717) is 10.0 Å². The molecular formula is C13H17BrO3. The Hall–Kier alpha value is -0.870. The van der Waals surface area contributed by atoms with E-state index in [1.54, 1.807) is 45.9 Å². The number of esters is 1. The van der Waals surface area contributed by atoms with Gasteiger partial charge in [0.1, 0.15) is 5.60 Å². The van der Waals surface area contributed by atoms with Crippen LogP contribution in [0.5, 0.6) is 0 Å². The van der Waals surface area contributed by atoms with E-state index >= 15 is 0 Å². The van der Waals surface area contributed by atoms with E-state index in [-0.39, 0.29) is 0 Å². The number of hydrogen-bond donors (Lipinski definition) is 1. The number of aliphatic hydroxyl groups is 1. The van der Waals surface area contributed by atoms with Crippen LogP contribution in [0.4, 0.5) is 0 Å². The molecule has 0 aromatic heterocycles. The molecule has 0 saturated carbocycles. The van der Waals surface area contributed by atoms with Crippen molar-refractivity contribution in [3.8, 4) is 0 Å². The van der Waals surface area contributed by atoms with E-state index < -0.39 is 17.2 Å². The van der Waals surface area contributed by atoms with Crippen molar-refractivity contribution in [1.82, 2.24) is 0 Å². The van der Waals surface area contributed by atoms with Gasteiger partial charge in [-0.15, -0.1) is 0 Å². The van der Waals surface area contributed by atoms with Gasteiger partial charge in [0, 0.05) is 4.47 Å². The van der Waals surface area contributed by atoms with Crippen molar-refractivity contribution in [2.75, 3.05) is 0 Å². The Morgan fingerprint density at radius 1 is 1.24 bits per heavy atom. The second-order valence-electron chi connectivity index (χ2n) is 4.94. The van der Waals surface area contributed by atoms with Crippen LogP contribution in [0.2, 0.25) is 0 Å². The highest BCUT2D eigenvalue weighted by atomic mass is 79.9. The molecule has 0 radical (unpaired) electrons. The van der Waals surface area contributed by atoms with E-state index in [1.165, 1.54) is 0 Å². The Balaban J connectivity index is 2.92. The summed E-state index contributed by atoms with van der Waals surface area (Å²) >= 11 is 3.29. The molecule has 0 aliphatic carbocycles. The summed E-state index contributed by atoms with van der Waals surface area (Å²) in [5, 5.41) is 9.92. The quantitative estimate of drug-likeness (QED) is 0.872. The number of hydrogen-bond acceptors (Lipinski definition) is 3. The van der Waals surface area contributed by atoms with E-state index in [0.717, 1.165) is 0 Å². The van der Waals surface area contributed by atoms with Crippen LogP contribution < -0.4 is 0 Å². The summed E-state index contributed by atoms with van der Waals surface area (Å²) in [5.41, 5.74) is -1.62. The van der Waals surface area contributed by atoms with E-state index in [2.05, 4.69) is 15.9 Å². The van der Waals surface area contributed by atoms with Crippen LogP contribution in [0, 0.1) is 0 Å². The average molecular weight is 301 g/mol. The number of rotatable bonds is 3. The molecular weight excluding hydrogens is 284 g/mol. The van der Waals surface area contributed by atoms with Gasteiger partial charge >= 0.3 is 5.97 Å².